The van der Waals surface area contributed by atoms with Crippen LogP contribution >= 0.6 is 11.6 Å². The molecule has 2 aliphatic rings. The number of rotatable bonds is 6. The molecular formula is C20H27ClN4O3S. The fourth-order valence-corrected chi connectivity index (χ4v) is 5.88. The second-order valence-electron chi connectivity index (χ2n) is 7.51. The van der Waals surface area contributed by atoms with E-state index in [1.165, 1.54) is 11.3 Å². The predicted octanol–water partition coefficient (Wildman–Crippen LogP) is 2.28. The Morgan fingerprint density at radius 2 is 1.93 bits per heavy atom. The number of hydrogen-bond acceptors (Lipinski definition) is 5. The molecule has 0 atom stereocenters. The van der Waals surface area contributed by atoms with E-state index in [9.17, 15) is 8.42 Å². The van der Waals surface area contributed by atoms with Gasteiger partial charge in [-0.05, 0) is 18.6 Å². The number of nitrogens with zero attached hydrogens (tertiary/aromatic N) is 4. The SMILES string of the molecule is CCn1nc(CN2CCN(S(=O)(=O)Cc3ccccc3Cl)CC2)c2c1CCOC2. The molecule has 1 fully saturated rings. The molecule has 29 heavy (non-hydrogen) atoms. The number of halogens is 1. The number of piperazine rings is 1. The van der Waals surface area contributed by atoms with Gasteiger partial charge in [0.15, 0.2) is 0 Å². The molecule has 7 nitrogen and oxygen atoms in total. The molecule has 2 aromatic rings. The molecule has 0 aliphatic carbocycles. The highest BCUT2D eigenvalue weighted by atomic mass is 35.5. The van der Waals surface area contributed by atoms with Crippen molar-refractivity contribution in [1.82, 2.24) is 19.0 Å². The zero-order valence-electron chi connectivity index (χ0n) is 16.7. The molecule has 9 heteroatoms. The van der Waals surface area contributed by atoms with Crippen molar-refractivity contribution in [3.8, 4) is 0 Å². The number of aromatic nitrogens is 2. The molecule has 0 N–H and O–H groups in total. The molecule has 0 radical (unpaired) electrons. The lowest BCUT2D eigenvalue weighted by Gasteiger charge is -2.33. The quantitative estimate of drug-likeness (QED) is 0.692. The Morgan fingerprint density at radius 1 is 1.17 bits per heavy atom. The standard InChI is InChI=1S/C20H27ClN4O3S/c1-2-25-20-7-12-28-14-17(20)19(22-25)13-23-8-10-24(11-9-23)29(26,27)15-16-5-3-4-6-18(16)21/h3-6H,2,7-15H2,1H3. The van der Waals surface area contributed by atoms with E-state index in [1.54, 1.807) is 22.5 Å². The minimum Gasteiger partial charge on any atom is -0.376 e. The molecule has 1 aromatic carbocycles. The number of hydrogen-bond donors (Lipinski definition) is 0. The minimum absolute atomic E-state index is 0.0571. The molecule has 3 heterocycles. The summed E-state index contributed by atoms with van der Waals surface area (Å²) in [5, 5.41) is 5.28. The van der Waals surface area contributed by atoms with Crippen LogP contribution in [0.25, 0.3) is 0 Å². The first-order valence-corrected chi connectivity index (χ1v) is 12.1. The van der Waals surface area contributed by atoms with Crippen LogP contribution in [0.2, 0.25) is 5.02 Å². The highest BCUT2D eigenvalue weighted by Crippen LogP contribution is 2.24. The second-order valence-corrected chi connectivity index (χ2v) is 9.89. The lowest BCUT2D eigenvalue weighted by molar-refractivity contribution is 0.107. The van der Waals surface area contributed by atoms with E-state index in [0.717, 1.165) is 31.8 Å². The Balaban J connectivity index is 1.39. The van der Waals surface area contributed by atoms with E-state index >= 15 is 0 Å². The van der Waals surface area contributed by atoms with Crippen molar-refractivity contribution in [1.29, 1.82) is 0 Å². The van der Waals surface area contributed by atoms with Crippen molar-refractivity contribution in [2.45, 2.75) is 38.8 Å². The van der Waals surface area contributed by atoms with Gasteiger partial charge in [-0.15, -0.1) is 0 Å². The third-order valence-corrected chi connectivity index (χ3v) is 7.87. The van der Waals surface area contributed by atoms with E-state index in [1.807, 2.05) is 6.07 Å². The molecular weight excluding hydrogens is 412 g/mol. The summed E-state index contributed by atoms with van der Waals surface area (Å²) in [5.41, 5.74) is 4.21. The Morgan fingerprint density at radius 3 is 2.66 bits per heavy atom. The Bertz CT molecular complexity index is 968. The fraction of sp³-hybridized carbons (Fsp3) is 0.550. The van der Waals surface area contributed by atoms with Gasteiger partial charge in [-0.25, -0.2) is 8.42 Å². The van der Waals surface area contributed by atoms with Crippen molar-refractivity contribution < 1.29 is 13.2 Å². The van der Waals surface area contributed by atoms with E-state index < -0.39 is 10.0 Å². The summed E-state index contributed by atoms with van der Waals surface area (Å²) in [4.78, 5) is 2.28. The summed E-state index contributed by atoms with van der Waals surface area (Å²) in [6.07, 6.45) is 0.907. The third-order valence-electron chi connectivity index (χ3n) is 5.67. The highest BCUT2D eigenvalue weighted by molar-refractivity contribution is 7.88. The monoisotopic (exact) mass is 438 g/mol. The number of fused-ring (bicyclic) bond motifs is 1. The zero-order valence-corrected chi connectivity index (χ0v) is 18.3. The van der Waals surface area contributed by atoms with Gasteiger partial charge in [0.25, 0.3) is 0 Å². The van der Waals surface area contributed by atoms with Crippen LogP contribution in [0, 0.1) is 0 Å². The number of benzene rings is 1. The van der Waals surface area contributed by atoms with Crippen molar-refractivity contribution in [2.24, 2.45) is 0 Å². The average Bonchev–Trinajstić information content (AvgIpc) is 3.08. The van der Waals surface area contributed by atoms with Gasteiger partial charge in [0.2, 0.25) is 10.0 Å². The van der Waals surface area contributed by atoms with Crippen molar-refractivity contribution in [3.63, 3.8) is 0 Å². The maximum atomic E-state index is 12.8. The van der Waals surface area contributed by atoms with Crippen LogP contribution in [-0.4, -0.2) is 60.2 Å². The van der Waals surface area contributed by atoms with Gasteiger partial charge in [-0.3, -0.25) is 9.58 Å². The van der Waals surface area contributed by atoms with Crippen LogP contribution in [0.3, 0.4) is 0 Å². The van der Waals surface area contributed by atoms with Crippen LogP contribution in [0.4, 0.5) is 0 Å². The molecule has 1 saturated heterocycles. The normalized spacial score (nSPS) is 18.7. The lowest BCUT2D eigenvalue weighted by Crippen LogP contribution is -2.48. The van der Waals surface area contributed by atoms with E-state index in [-0.39, 0.29) is 5.75 Å². The Hall–Kier alpha value is -1.45. The number of sulfonamides is 1. The average molecular weight is 439 g/mol. The van der Waals surface area contributed by atoms with Crippen molar-refractivity contribution in [2.75, 3.05) is 32.8 Å². The first kappa shape index (κ1) is 20.8. The van der Waals surface area contributed by atoms with E-state index in [4.69, 9.17) is 21.4 Å². The van der Waals surface area contributed by atoms with Gasteiger partial charge in [0.05, 0.1) is 24.7 Å². The molecule has 0 spiro atoms. The largest absolute Gasteiger partial charge is 0.376 e. The Labute approximate surface area is 177 Å². The summed E-state index contributed by atoms with van der Waals surface area (Å²) in [7, 11) is -3.39. The summed E-state index contributed by atoms with van der Waals surface area (Å²) in [5.74, 6) is -0.0571. The van der Waals surface area contributed by atoms with Crippen LogP contribution in [-0.2, 0) is 46.6 Å². The summed E-state index contributed by atoms with van der Waals surface area (Å²) >= 11 is 6.14. The molecule has 4 rings (SSSR count). The summed E-state index contributed by atoms with van der Waals surface area (Å²) < 4.78 is 34.9. The molecule has 0 unspecified atom stereocenters. The van der Waals surface area contributed by atoms with E-state index in [0.29, 0.717) is 43.4 Å². The minimum atomic E-state index is -3.39. The Kier molecular flexibility index (Phi) is 6.27. The number of ether oxygens (including phenoxy) is 1. The molecule has 158 valence electrons. The fourth-order valence-electron chi connectivity index (χ4n) is 4.05. The topological polar surface area (TPSA) is 67.7 Å². The first-order valence-electron chi connectivity index (χ1n) is 10.1. The molecule has 0 amide bonds. The van der Waals surface area contributed by atoms with Crippen LogP contribution in [0.5, 0.6) is 0 Å². The van der Waals surface area contributed by atoms with Gasteiger partial charge in [0.1, 0.15) is 0 Å². The summed E-state index contributed by atoms with van der Waals surface area (Å²) in [6.45, 7) is 7.42. The third kappa shape index (κ3) is 4.51. The van der Waals surface area contributed by atoms with Gasteiger partial charge in [0, 0.05) is 62.0 Å². The van der Waals surface area contributed by atoms with Gasteiger partial charge in [-0.2, -0.15) is 9.40 Å². The van der Waals surface area contributed by atoms with E-state index in [2.05, 4.69) is 16.5 Å². The van der Waals surface area contributed by atoms with Gasteiger partial charge >= 0.3 is 0 Å². The first-order chi connectivity index (χ1) is 14.0. The molecule has 0 saturated carbocycles. The van der Waals surface area contributed by atoms with Crippen LogP contribution in [0.1, 0.15) is 29.4 Å². The van der Waals surface area contributed by atoms with Gasteiger partial charge in [-0.1, -0.05) is 29.8 Å². The zero-order chi connectivity index (χ0) is 20.4. The second kappa shape index (κ2) is 8.73. The summed E-state index contributed by atoms with van der Waals surface area (Å²) in [6, 6.07) is 7.12. The van der Waals surface area contributed by atoms with Crippen LogP contribution in [0.15, 0.2) is 24.3 Å². The lowest BCUT2D eigenvalue weighted by atomic mass is 10.1. The molecule has 0 bridgehead atoms. The van der Waals surface area contributed by atoms with Crippen molar-refractivity contribution in [3.05, 3.63) is 51.8 Å². The maximum Gasteiger partial charge on any atom is 0.218 e. The van der Waals surface area contributed by atoms with Crippen molar-refractivity contribution >= 4 is 21.6 Å². The predicted molar refractivity (Wildman–Crippen MR) is 112 cm³/mol. The van der Waals surface area contributed by atoms with Gasteiger partial charge < -0.3 is 4.74 Å². The molecule has 2 aliphatic heterocycles. The highest BCUT2D eigenvalue weighted by Gasteiger charge is 2.29. The molecule has 1 aromatic heterocycles. The number of aryl methyl sites for hydroxylation is 1. The maximum absolute atomic E-state index is 12.8. The van der Waals surface area contributed by atoms with Crippen LogP contribution < -0.4 is 0 Å². The smallest absolute Gasteiger partial charge is 0.218 e.